The van der Waals surface area contributed by atoms with Gasteiger partial charge in [0.15, 0.2) is 0 Å². The summed E-state index contributed by atoms with van der Waals surface area (Å²) in [6.07, 6.45) is 10.4. The van der Waals surface area contributed by atoms with Crippen molar-refractivity contribution >= 4 is 38.8 Å². The molecule has 0 spiro atoms. The zero-order valence-electron chi connectivity index (χ0n) is 17.5. The minimum atomic E-state index is -0.840. The smallest absolute Gasteiger partial charge is 0.345 e. The van der Waals surface area contributed by atoms with Crippen LogP contribution in [0.25, 0.3) is 5.57 Å². The van der Waals surface area contributed by atoms with E-state index in [-0.39, 0.29) is 6.10 Å². The summed E-state index contributed by atoms with van der Waals surface area (Å²) in [5.74, 6) is -0.332. The topological polar surface area (TPSA) is 57.5 Å². The van der Waals surface area contributed by atoms with E-state index in [0.29, 0.717) is 15.6 Å². The lowest BCUT2D eigenvalue weighted by Gasteiger charge is -2.17. The number of halogens is 1. The molecule has 3 atom stereocenters. The van der Waals surface area contributed by atoms with Crippen LogP contribution in [0.5, 0.6) is 0 Å². The largest absolute Gasteiger partial charge is 0.477 e. The van der Waals surface area contributed by atoms with Crippen LogP contribution in [0.1, 0.15) is 83.6 Å². The van der Waals surface area contributed by atoms with Crippen molar-refractivity contribution in [3.8, 4) is 0 Å². The highest BCUT2D eigenvalue weighted by Crippen LogP contribution is 2.40. The maximum absolute atomic E-state index is 11.0. The summed E-state index contributed by atoms with van der Waals surface area (Å²) in [6, 6.07) is 12.1. The number of aliphatic hydroxyl groups excluding tert-OH is 1. The van der Waals surface area contributed by atoms with Crippen molar-refractivity contribution in [3.05, 3.63) is 63.4 Å². The molecule has 0 saturated heterocycles. The summed E-state index contributed by atoms with van der Waals surface area (Å²) >= 11 is 5.15. The number of rotatable bonds is 11. The van der Waals surface area contributed by atoms with Gasteiger partial charge in [-0.15, -0.1) is 11.3 Å². The Kier molecular flexibility index (Phi) is 8.72. The number of carboxylic acids is 1. The summed E-state index contributed by atoms with van der Waals surface area (Å²) in [4.78, 5) is 13.0. The molecule has 5 heteroatoms. The number of allylic oxidation sites excluding steroid dienone is 2. The van der Waals surface area contributed by atoms with Crippen LogP contribution in [0.3, 0.4) is 0 Å². The highest BCUT2D eigenvalue weighted by atomic mass is 79.9. The molecule has 0 fully saturated rings. The Morgan fingerprint density at radius 3 is 2.60 bits per heavy atom. The molecule has 2 N–H and O–H groups in total. The quantitative estimate of drug-likeness (QED) is 0.257. The molecule has 3 nitrogen and oxygen atoms in total. The normalized spacial score (nSPS) is 19.6. The Balaban J connectivity index is 1.57. The van der Waals surface area contributed by atoms with Crippen molar-refractivity contribution in [2.75, 3.05) is 0 Å². The monoisotopic (exact) mass is 490 g/mol. The average molecular weight is 491 g/mol. The molecular formula is C25H31BrO3S. The lowest BCUT2D eigenvalue weighted by atomic mass is 9.89. The number of aryl methyl sites for hydroxylation is 1. The summed E-state index contributed by atoms with van der Waals surface area (Å²) in [7, 11) is 0. The van der Waals surface area contributed by atoms with E-state index in [1.165, 1.54) is 35.3 Å². The van der Waals surface area contributed by atoms with Gasteiger partial charge >= 0.3 is 5.97 Å². The van der Waals surface area contributed by atoms with Crippen LogP contribution in [-0.2, 0) is 6.42 Å². The molecule has 1 aromatic carbocycles. The van der Waals surface area contributed by atoms with Crippen LogP contribution in [0, 0.1) is 5.92 Å². The van der Waals surface area contributed by atoms with Crippen molar-refractivity contribution in [3.63, 3.8) is 0 Å². The maximum atomic E-state index is 11.0. The third-order valence-electron chi connectivity index (χ3n) is 5.87. The van der Waals surface area contributed by atoms with Gasteiger partial charge in [-0.05, 0) is 66.9 Å². The van der Waals surface area contributed by atoms with Gasteiger partial charge in [-0.1, -0.05) is 72.5 Å². The number of hydrogen-bond acceptors (Lipinski definition) is 3. The minimum absolute atomic E-state index is 0.371. The fourth-order valence-electron chi connectivity index (χ4n) is 4.20. The molecule has 2 aromatic rings. The van der Waals surface area contributed by atoms with Crippen molar-refractivity contribution in [1.29, 1.82) is 0 Å². The van der Waals surface area contributed by atoms with Gasteiger partial charge in [0.2, 0.25) is 0 Å². The van der Waals surface area contributed by atoms with Gasteiger partial charge in [-0.25, -0.2) is 4.79 Å². The number of alkyl halides is 1. The molecule has 1 heterocycles. The van der Waals surface area contributed by atoms with E-state index >= 15 is 0 Å². The first-order chi connectivity index (χ1) is 14.5. The van der Waals surface area contributed by atoms with Gasteiger partial charge in [-0.3, -0.25) is 0 Å². The molecule has 0 aliphatic heterocycles. The molecule has 1 aliphatic carbocycles. The van der Waals surface area contributed by atoms with E-state index in [1.54, 1.807) is 6.07 Å². The van der Waals surface area contributed by atoms with Crippen LogP contribution >= 0.6 is 27.3 Å². The van der Waals surface area contributed by atoms with E-state index in [0.717, 1.165) is 49.0 Å². The second kappa shape index (κ2) is 11.3. The first-order valence-electron chi connectivity index (χ1n) is 10.9. The molecule has 3 rings (SSSR count). The zero-order valence-corrected chi connectivity index (χ0v) is 19.9. The van der Waals surface area contributed by atoms with E-state index in [4.69, 9.17) is 5.11 Å². The molecule has 2 unspecified atom stereocenters. The third-order valence-corrected chi connectivity index (χ3v) is 7.64. The standard InChI is InChI=1S/C25H31BrO3S/c1-2-3-4-8-23(27)18-11-9-17(10-12-18)22-16-20(26)15-19(22)6-5-7-21-13-14-24(30-21)25(28)29/h9-14,16,19-20,23,27H,2-8,15H2,1H3,(H,28,29)/t19-,20?,23?/m0/s1. The van der Waals surface area contributed by atoms with Crippen molar-refractivity contribution in [1.82, 2.24) is 0 Å². The Bertz CT molecular complexity index is 856. The highest BCUT2D eigenvalue weighted by molar-refractivity contribution is 9.09. The van der Waals surface area contributed by atoms with Gasteiger partial charge in [0.25, 0.3) is 0 Å². The summed E-state index contributed by atoms with van der Waals surface area (Å²) in [5, 5.41) is 19.5. The summed E-state index contributed by atoms with van der Waals surface area (Å²) in [5.41, 5.74) is 3.64. The fraction of sp³-hybridized carbons (Fsp3) is 0.480. The van der Waals surface area contributed by atoms with Gasteiger partial charge in [0.05, 0.1) is 6.10 Å². The van der Waals surface area contributed by atoms with E-state index in [2.05, 4.69) is 53.2 Å². The molecule has 0 radical (unpaired) electrons. The number of hydrogen-bond donors (Lipinski definition) is 2. The van der Waals surface area contributed by atoms with Crippen molar-refractivity contribution in [2.24, 2.45) is 5.92 Å². The molecule has 162 valence electrons. The number of carboxylic acid groups (broad SMARTS) is 1. The van der Waals surface area contributed by atoms with Gasteiger partial charge in [0, 0.05) is 9.70 Å². The van der Waals surface area contributed by atoms with Gasteiger partial charge in [-0.2, -0.15) is 0 Å². The lowest BCUT2D eigenvalue weighted by molar-refractivity contribution is 0.0702. The number of carbonyl (C=O) groups is 1. The minimum Gasteiger partial charge on any atom is -0.477 e. The zero-order chi connectivity index (χ0) is 21.5. The molecule has 0 amide bonds. The number of benzene rings is 1. The summed E-state index contributed by atoms with van der Waals surface area (Å²) in [6.45, 7) is 2.18. The SMILES string of the molecule is CCCCCC(O)c1ccc(C2=CC(Br)C[C@@H]2CCCc2ccc(C(=O)O)s2)cc1. The third kappa shape index (κ3) is 6.29. The Labute approximate surface area is 192 Å². The Hall–Kier alpha value is -1.43. The van der Waals surface area contributed by atoms with Crippen LogP contribution in [0.2, 0.25) is 0 Å². The predicted molar refractivity (Wildman–Crippen MR) is 129 cm³/mol. The summed E-state index contributed by atoms with van der Waals surface area (Å²) < 4.78 is 0. The van der Waals surface area contributed by atoms with Crippen molar-refractivity contribution in [2.45, 2.75) is 69.2 Å². The second-order valence-corrected chi connectivity index (χ2v) is 10.5. The Morgan fingerprint density at radius 2 is 1.93 bits per heavy atom. The molecule has 1 aliphatic rings. The number of thiophene rings is 1. The molecule has 1 aromatic heterocycles. The number of aliphatic hydroxyl groups is 1. The molecule has 0 saturated carbocycles. The second-order valence-electron chi connectivity index (χ2n) is 8.17. The van der Waals surface area contributed by atoms with Crippen LogP contribution in [-0.4, -0.2) is 21.0 Å². The van der Waals surface area contributed by atoms with Crippen LogP contribution in [0.4, 0.5) is 0 Å². The van der Waals surface area contributed by atoms with E-state index in [1.807, 2.05) is 6.07 Å². The fourth-order valence-corrected chi connectivity index (χ4v) is 5.83. The molecule has 30 heavy (non-hydrogen) atoms. The molecule has 0 bridgehead atoms. The van der Waals surface area contributed by atoms with Gasteiger partial charge < -0.3 is 10.2 Å². The van der Waals surface area contributed by atoms with Gasteiger partial charge in [0.1, 0.15) is 4.88 Å². The molecular weight excluding hydrogens is 460 g/mol. The maximum Gasteiger partial charge on any atom is 0.345 e. The Morgan fingerprint density at radius 1 is 1.17 bits per heavy atom. The van der Waals surface area contributed by atoms with Crippen LogP contribution in [0.15, 0.2) is 42.5 Å². The van der Waals surface area contributed by atoms with E-state index in [9.17, 15) is 9.90 Å². The lowest BCUT2D eigenvalue weighted by Crippen LogP contribution is -2.02. The number of aromatic carboxylic acids is 1. The average Bonchev–Trinajstić information content (AvgIpc) is 3.35. The highest BCUT2D eigenvalue weighted by Gasteiger charge is 2.25. The van der Waals surface area contributed by atoms with E-state index < -0.39 is 5.97 Å². The first-order valence-corrected chi connectivity index (χ1v) is 12.7. The first kappa shape index (κ1) is 23.2. The number of unbranched alkanes of at least 4 members (excludes halogenated alkanes) is 2. The predicted octanol–water partition coefficient (Wildman–Crippen LogP) is 7.25. The van der Waals surface area contributed by atoms with Crippen molar-refractivity contribution < 1.29 is 15.0 Å². The van der Waals surface area contributed by atoms with Crippen LogP contribution < -0.4 is 0 Å².